The van der Waals surface area contributed by atoms with Gasteiger partial charge in [0.15, 0.2) is 0 Å². The monoisotopic (exact) mass is 344 g/mol. The van der Waals surface area contributed by atoms with Crippen LogP contribution < -0.4 is 15.4 Å². The Hall–Kier alpha value is -3.13. The first kappa shape index (κ1) is 15.8. The second kappa shape index (κ2) is 6.97. The first-order valence-electron chi connectivity index (χ1n) is 6.87. The Morgan fingerprint density at radius 3 is 2.71 bits per heavy atom. The van der Waals surface area contributed by atoms with E-state index in [-0.39, 0.29) is 0 Å². The number of aromatic nitrogens is 4. The van der Waals surface area contributed by atoms with E-state index < -0.39 is 6.03 Å². The number of anilines is 2. The number of hydrogen-bond acceptors (Lipinski definition) is 5. The van der Waals surface area contributed by atoms with Gasteiger partial charge in [0, 0.05) is 17.4 Å². The molecule has 3 aromatic rings. The predicted octanol–water partition coefficient (Wildman–Crippen LogP) is 2.97. The number of benzene rings is 1. The summed E-state index contributed by atoms with van der Waals surface area (Å²) in [5, 5.41) is 5.78. The number of hydrogen-bond donors (Lipinski definition) is 2. The summed E-state index contributed by atoms with van der Waals surface area (Å²) < 4.78 is 6.83. The van der Waals surface area contributed by atoms with Crippen LogP contribution in [0.15, 0.2) is 49.3 Å². The Balaban J connectivity index is 1.68. The Kier molecular flexibility index (Phi) is 4.57. The number of rotatable bonds is 4. The van der Waals surface area contributed by atoms with Crippen LogP contribution in [0.5, 0.6) is 5.75 Å². The average Bonchev–Trinajstić information content (AvgIpc) is 3.10. The molecule has 1 aromatic carbocycles. The van der Waals surface area contributed by atoms with Crippen LogP contribution in [-0.4, -0.2) is 32.7 Å². The van der Waals surface area contributed by atoms with Crippen LogP contribution in [0.25, 0.3) is 5.95 Å². The van der Waals surface area contributed by atoms with E-state index in [1.54, 1.807) is 41.5 Å². The van der Waals surface area contributed by atoms with E-state index in [0.29, 0.717) is 28.1 Å². The fraction of sp³-hybridized carbons (Fsp3) is 0.0667. The highest BCUT2D eigenvalue weighted by Crippen LogP contribution is 2.27. The fourth-order valence-corrected chi connectivity index (χ4v) is 2.13. The normalized spacial score (nSPS) is 10.2. The van der Waals surface area contributed by atoms with E-state index >= 15 is 0 Å². The molecule has 0 bridgehead atoms. The molecule has 2 aromatic heterocycles. The highest BCUT2D eigenvalue weighted by atomic mass is 35.5. The molecule has 8 nitrogen and oxygen atoms in total. The molecule has 0 atom stereocenters. The number of carbonyl (C=O) groups excluding carboxylic acids is 1. The molecular weight excluding hydrogens is 332 g/mol. The van der Waals surface area contributed by atoms with Gasteiger partial charge in [-0.1, -0.05) is 11.6 Å². The van der Waals surface area contributed by atoms with Gasteiger partial charge in [0.2, 0.25) is 5.95 Å². The zero-order chi connectivity index (χ0) is 16.9. The molecule has 0 aliphatic rings. The van der Waals surface area contributed by atoms with E-state index in [0.717, 1.165) is 0 Å². The SMILES string of the molecule is COc1ccc(Cl)cc1NC(=O)Nc1cnc(-n2ccnc2)nc1. The van der Waals surface area contributed by atoms with Crippen molar-refractivity contribution in [2.45, 2.75) is 0 Å². The number of urea groups is 1. The van der Waals surface area contributed by atoms with Crippen LogP contribution >= 0.6 is 11.6 Å². The zero-order valence-corrected chi connectivity index (χ0v) is 13.4. The van der Waals surface area contributed by atoms with Crippen molar-refractivity contribution < 1.29 is 9.53 Å². The number of methoxy groups -OCH3 is 1. The molecule has 0 fully saturated rings. The topological polar surface area (TPSA) is 94.0 Å². The summed E-state index contributed by atoms with van der Waals surface area (Å²) in [6.45, 7) is 0. The van der Waals surface area contributed by atoms with Gasteiger partial charge in [-0.15, -0.1) is 0 Å². The first-order valence-corrected chi connectivity index (χ1v) is 7.25. The van der Waals surface area contributed by atoms with Gasteiger partial charge in [-0.25, -0.2) is 19.7 Å². The van der Waals surface area contributed by atoms with Crippen molar-refractivity contribution in [3.63, 3.8) is 0 Å². The van der Waals surface area contributed by atoms with Crippen molar-refractivity contribution in [1.82, 2.24) is 19.5 Å². The van der Waals surface area contributed by atoms with Crippen molar-refractivity contribution in [1.29, 1.82) is 0 Å². The van der Waals surface area contributed by atoms with Crippen LogP contribution in [0.4, 0.5) is 16.2 Å². The van der Waals surface area contributed by atoms with E-state index in [1.165, 1.54) is 19.5 Å². The molecule has 2 amide bonds. The van der Waals surface area contributed by atoms with E-state index in [4.69, 9.17) is 16.3 Å². The molecule has 24 heavy (non-hydrogen) atoms. The number of ether oxygens (including phenoxy) is 1. The molecule has 2 N–H and O–H groups in total. The van der Waals surface area contributed by atoms with Crippen molar-refractivity contribution >= 4 is 29.0 Å². The standard InChI is InChI=1S/C15H13ClN6O2/c1-24-13-3-2-10(16)6-12(13)21-15(23)20-11-7-18-14(19-8-11)22-5-4-17-9-22/h2-9H,1H3,(H2,20,21,23). The molecular formula is C15H13ClN6O2. The Bertz CT molecular complexity index is 836. The zero-order valence-electron chi connectivity index (χ0n) is 12.6. The summed E-state index contributed by atoms with van der Waals surface area (Å²) in [4.78, 5) is 24.3. The quantitative estimate of drug-likeness (QED) is 0.758. The lowest BCUT2D eigenvalue weighted by atomic mass is 10.3. The van der Waals surface area contributed by atoms with Crippen LogP contribution in [0.3, 0.4) is 0 Å². The van der Waals surface area contributed by atoms with Crippen LogP contribution in [0, 0.1) is 0 Å². The summed E-state index contributed by atoms with van der Waals surface area (Å²) in [5.41, 5.74) is 0.899. The third kappa shape index (κ3) is 3.61. The van der Waals surface area contributed by atoms with Crippen molar-refractivity contribution in [3.05, 3.63) is 54.3 Å². The van der Waals surface area contributed by atoms with E-state index in [2.05, 4.69) is 25.6 Å². The molecule has 0 aliphatic heterocycles. The molecule has 9 heteroatoms. The average molecular weight is 345 g/mol. The van der Waals surface area contributed by atoms with Gasteiger partial charge in [-0.3, -0.25) is 4.57 Å². The second-order valence-corrected chi connectivity index (χ2v) is 5.10. The molecule has 0 radical (unpaired) electrons. The van der Waals surface area contributed by atoms with Crippen LogP contribution in [-0.2, 0) is 0 Å². The minimum atomic E-state index is -0.463. The number of carbonyl (C=O) groups is 1. The third-order valence-electron chi connectivity index (χ3n) is 3.04. The maximum absolute atomic E-state index is 12.1. The van der Waals surface area contributed by atoms with Gasteiger partial charge in [0.05, 0.1) is 30.9 Å². The number of nitrogens with zero attached hydrogens (tertiary/aromatic N) is 4. The molecule has 0 saturated heterocycles. The van der Waals surface area contributed by atoms with Gasteiger partial charge >= 0.3 is 6.03 Å². The summed E-state index contributed by atoms with van der Waals surface area (Å²) in [7, 11) is 1.51. The highest BCUT2D eigenvalue weighted by Gasteiger charge is 2.09. The summed E-state index contributed by atoms with van der Waals surface area (Å²) in [6, 6.07) is 4.47. The van der Waals surface area contributed by atoms with Gasteiger partial charge in [0.25, 0.3) is 0 Å². The van der Waals surface area contributed by atoms with E-state index in [1.807, 2.05) is 0 Å². The van der Waals surface area contributed by atoms with Gasteiger partial charge in [-0.05, 0) is 18.2 Å². The van der Waals surface area contributed by atoms with Gasteiger partial charge in [0.1, 0.15) is 12.1 Å². The van der Waals surface area contributed by atoms with Crippen LogP contribution in [0.1, 0.15) is 0 Å². The Labute approximate surface area is 142 Å². The lowest BCUT2D eigenvalue weighted by molar-refractivity contribution is 0.262. The summed E-state index contributed by atoms with van der Waals surface area (Å²) >= 11 is 5.93. The lowest BCUT2D eigenvalue weighted by Crippen LogP contribution is -2.20. The third-order valence-corrected chi connectivity index (χ3v) is 3.28. The smallest absolute Gasteiger partial charge is 0.323 e. The van der Waals surface area contributed by atoms with Crippen molar-refractivity contribution in [2.75, 3.05) is 17.7 Å². The van der Waals surface area contributed by atoms with Crippen molar-refractivity contribution in [3.8, 4) is 11.7 Å². The highest BCUT2D eigenvalue weighted by molar-refractivity contribution is 6.31. The minimum absolute atomic E-state index is 0.442. The molecule has 0 unspecified atom stereocenters. The van der Waals surface area contributed by atoms with E-state index in [9.17, 15) is 4.79 Å². The second-order valence-electron chi connectivity index (χ2n) is 4.67. The molecule has 0 spiro atoms. The predicted molar refractivity (Wildman–Crippen MR) is 89.8 cm³/mol. The molecule has 2 heterocycles. The molecule has 0 saturated carbocycles. The lowest BCUT2D eigenvalue weighted by Gasteiger charge is -2.11. The summed E-state index contributed by atoms with van der Waals surface area (Å²) in [6.07, 6.45) is 7.93. The Morgan fingerprint density at radius 1 is 1.25 bits per heavy atom. The maximum atomic E-state index is 12.1. The molecule has 0 aliphatic carbocycles. The number of imidazole rings is 1. The fourth-order valence-electron chi connectivity index (χ4n) is 1.96. The number of nitrogens with one attached hydrogen (secondary N) is 2. The number of amides is 2. The minimum Gasteiger partial charge on any atom is -0.495 e. The first-order chi connectivity index (χ1) is 11.7. The largest absolute Gasteiger partial charge is 0.495 e. The summed E-state index contributed by atoms with van der Waals surface area (Å²) in [5.74, 6) is 0.955. The maximum Gasteiger partial charge on any atom is 0.323 e. The number of halogens is 1. The van der Waals surface area contributed by atoms with Gasteiger partial charge in [-0.2, -0.15) is 0 Å². The Morgan fingerprint density at radius 2 is 2.04 bits per heavy atom. The molecule has 122 valence electrons. The van der Waals surface area contributed by atoms with Gasteiger partial charge < -0.3 is 15.4 Å². The van der Waals surface area contributed by atoms with Crippen molar-refractivity contribution in [2.24, 2.45) is 0 Å². The molecule has 3 rings (SSSR count). The van der Waals surface area contributed by atoms with Crippen LogP contribution in [0.2, 0.25) is 5.02 Å².